The summed E-state index contributed by atoms with van der Waals surface area (Å²) in [7, 11) is 0. The molecule has 2 saturated carbocycles. The summed E-state index contributed by atoms with van der Waals surface area (Å²) in [5.74, 6) is -0.0734. The van der Waals surface area contributed by atoms with E-state index >= 15 is 0 Å². The first-order valence-corrected chi connectivity index (χ1v) is 9.26. The van der Waals surface area contributed by atoms with Gasteiger partial charge in [-0.2, -0.15) is 0 Å². The Balaban J connectivity index is 1.89. The van der Waals surface area contributed by atoms with E-state index in [0.717, 1.165) is 24.8 Å². The number of allylic oxidation sites excluding steroid dienone is 2. The maximum atomic E-state index is 11.8. The SMILES string of the molecule is C=C1CC[C@@H]2[C@](C)(CO)[C@H](O)CC[C@@]2(C)C1CC=C1C(=O)OCC1O. The molecule has 2 unspecified atom stereocenters. The van der Waals surface area contributed by atoms with E-state index in [9.17, 15) is 20.1 Å². The largest absolute Gasteiger partial charge is 0.459 e. The van der Waals surface area contributed by atoms with E-state index in [1.165, 1.54) is 0 Å². The molecule has 0 aromatic heterocycles. The van der Waals surface area contributed by atoms with Crippen molar-refractivity contribution in [3.8, 4) is 0 Å². The Bertz CT molecular complexity index is 597. The zero-order chi connectivity index (χ0) is 18.4. The molecule has 3 rings (SSSR count). The highest BCUT2D eigenvalue weighted by Crippen LogP contribution is 2.61. The summed E-state index contributed by atoms with van der Waals surface area (Å²) in [5.41, 5.74) is 0.911. The van der Waals surface area contributed by atoms with E-state index in [4.69, 9.17) is 4.74 Å². The number of esters is 1. The third-order valence-electron chi connectivity index (χ3n) is 7.23. The Morgan fingerprint density at radius 1 is 1.32 bits per heavy atom. The minimum atomic E-state index is -0.844. The van der Waals surface area contributed by atoms with Crippen molar-refractivity contribution in [2.24, 2.45) is 22.7 Å². The number of carbonyl (C=O) groups is 1. The standard InChI is InChI=1S/C20H30O5/c1-12-4-7-16-19(2,9-8-17(23)20(16,3)11-21)14(12)6-5-13-15(22)10-25-18(13)24/h5,14-17,21-23H,1,4,6-11H2,2-3H3/t14?,15?,16-,17+,19-,20-/m0/s1. The number of aliphatic hydroxyl groups is 3. The molecule has 0 amide bonds. The summed E-state index contributed by atoms with van der Waals surface area (Å²) in [6.07, 6.45) is 4.42. The molecule has 1 saturated heterocycles. The van der Waals surface area contributed by atoms with Gasteiger partial charge in [-0.1, -0.05) is 32.1 Å². The van der Waals surface area contributed by atoms with Crippen LogP contribution in [0.3, 0.4) is 0 Å². The first-order valence-electron chi connectivity index (χ1n) is 9.26. The van der Waals surface area contributed by atoms with Crippen LogP contribution in [0.1, 0.15) is 46.0 Å². The van der Waals surface area contributed by atoms with Gasteiger partial charge in [0.15, 0.2) is 0 Å². The second-order valence-electron chi connectivity index (χ2n) is 8.54. The minimum Gasteiger partial charge on any atom is -0.459 e. The maximum absolute atomic E-state index is 11.8. The smallest absolute Gasteiger partial charge is 0.336 e. The fourth-order valence-corrected chi connectivity index (χ4v) is 5.56. The van der Waals surface area contributed by atoms with Crippen LogP contribution in [-0.2, 0) is 9.53 Å². The monoisotopic (exact) mass is 350 g/mol. The van der Waals surface area contributed by atoms with E-state index in [1.807, 2.05) is 13.0 Å². The van der Waals surface area contributed by atoms with Gasteiger partial charge in [0.2, 0.25) is 0 Å². The summed E-state index contributed by atoms with van der Waals surface area (Å²) in [6, 6.07) is 0. The molecule has 3 fully saturated rings. The van der Waals surface area contributed by atoms with Crippen molar-refractivity contribution >= 4 is 5.97 Å². The number of hydrogen-bond acceptors (Lipinski definition) is 5. The topological polar surface area (TPSA) is 87.0 Å². The van der Waals surface area contributed by atoms with E-state index in [1.54, 1.807) is 0 Å². The van der Waals surface area contributed by atoms with Crippen molar-refractivity contribution < 1.29 is 24.9 Å². The van der Waals surface area contributed by atoms with Crippen LogP contribution in [0, 0.1) is 22.7 Å². The molecular weight excluding hydrogens is 320 g/mol. The molecule has 3 aliphatic rings. The molecule has 0 bridgehead atoms. The number of hydrogen-bond donors (Lipinski definition) is 3. The molecule has 1 heterocycles. The van der Waals surface area contributed by atoms with Crippen LogP contribution in [0.4, 0.5) is 0 Å². The lowest BCUT2D eigenvalue weighted by Gasteiger charge is -2.59. The van der Waals surface area contributed by atoms with Crippen molar-refractivity contribution in [2.45, 2.75) is 58.2 Å². The van der Waals surface area contributed by atoms with Gasteiger partial charge in [-0.15, -0.1) is 0 Å². The zero-order valence-electron chi connectivity index (χ0n) is 15.2. The van der Waals surface area contributed by atoms with Gasteiger partial charge in [0, 0.05) is 5.41 Å². The summed E-state index contributed by atoms with van der Waals surface area (Å²) >= 11 is 0. The molecule has 0 aromatic rings. The van der Waals surface area contributed by atoms with Crippen molar-refractivity contribution in [2.75, 3.05) is 13.2 Å². The molecule has 5 heteroatoms. The maximum Gasteiger partial charge on any atom is 0.336 e. The summed E-state index contributed by atoms with van der Waals surface area (Å²) in [4.78, 5) is 11.8. The van der Waals surface area contributed by atoms with Gasteiger partial charge < -0.3 is 20.1 Å². The van der Waals surface area contributed by atoms with Crippen LogP contribution in [-0.4, -0.2) is 46.7 Å². The molecule has 140 valence electrons. The predicted molar refractivity (Wildman–Crippen MR) is 93.6 cm³/mol. The Kier molecular flexibility index (Phi) is 4.86. The van der Waals surface area contributed by atoms with Gasteiger partial charge in [-0.3, -0.25) is 0 Å². The Morgan fingerprint density at radius 3 is 2.64 bits per heavy atom. The first-order chi connectivity index (χ1) is 11.7. The molecule has 5 nitrogen and oxygen atoms in total. The number of cyclic esters (lactones) is 1. The van der Waals surface area contributed by atoms with E-state index in [-0.39, 0.29) is 30.5 Å². The lowest BCUT2D eigenvalue weighted by molar-refractivity contribution is -0.151. The molecule has 2 aliphatic carbocycles. The van der Waals surface area contributed by atoms with E-state index in [0.29, 0.717) is 18.4 Å². The van der Waals surface area contributed by atoms with Gasteiger partial charge in [-0.25, -0.2) is 4.79 Å². The number of aliphatic hydroxyl groups excluding tert-OH is 3. The van der Waals surface area contributed by atoms with Crippen LogP contribution >= 0.6 is 0 Å². The van der Waals surface area contributed by atoms with Crippen molar-refractivity contribution in [1.82, 2.24) is 0 Å². The highest BCUT2D eigenvalue weighted by Gasteiger charge is 2.57. The zero-order valence-corrected chi connectivity index (χ0v) is 15.2. The van der Waals surface area contributed by atoms with E-state index < -0.39 is 23.6 Å². The molecule has 1 aliphatic heterocycles. The molecule has 6 atom stereocenters. The third kappa shape index (κ3) is 2.86. The number of ether oxygens (including phenoxy) is 1. The second-order valence-corrected chi connectivity index (χ2v) is 8.54. The fraction of sp³-hybridized carbons (Fsp3) is 0.750. The Morgan fingerprint density at radius 2 is 2.04 bits per heavy atom. The van der Waals surface area contributed by atoms with Crippen molar-refractivity contribution in [3.63, 3.8) is 0 Å². The highest BCUT2D eigenvalue weighted by molar-refractivity contribution is 5.91. The Hall–Kier alpha value is -1.17. The highest BCUT2D eigenvalue weighted by atomic mass is 16.6. The molecule has 3 N–H and O–H groups in total. The third-order valence-corrected chi connectivity index (χ3v) is 7.23. The van der Waals surface area contributed by atoms with Crippen molar-refractivity contribution in [3.05, 3.63) is 23.8 Å². The predicted octanol–water partition coefficient (Wildman–Crippen LogP) is 1.96. The van der Waals surface area contributed by atoms with E-state index in [2.05, 4.69) is 13.5 Å². The molecule has 25 heavy (non-hydrogen) atoms. The summed E-state index contributed by atoms with van der Waals surface area (Å²) in [5, 5.41) is 30.4. The second kappa shape index (κ2) is 6.53. The molecule has 0 aromatic carbocycles. The van der Waals surface area contributed by atoms with Crippen LogP contribution < -0.4 is 0 Å². The number of rotatable bonds is 3. The van der Waals surface area contributed by atoms with Gasteiger partial charge in [0.25, 0.3) is 0 Å². The van der Waals surface area contributed by atoms with Gasteiger partial charge in [-0.05, 0) is 49.4 Å². The van der Waals surface area contributed by atoms with Crippen LogP contribution in [0.15, 0.2) is 23.8 Å². The van der Waals surface area contributed by atoms with Gasteiger partial charge >= 0.3 is 5.97 Å². The Labute approximate surface area is 149 Å². The minimum absolute atomic E-state index is 0.0280. The average Bonchev–Trinajstić information content (AvgIpc) is 2.89. The quantitative estimate of drug-likeness (QED) is 0.411. The van der Waals surface area contributed by atoms with Crippen molar-refractivity contribution in [1.29, 1.82) is 0 Å². The molecule has 0 spiro atoms. The number of fused-ring (bicyclic) bond motifs is 1. The molecular formula is C20H30O5. The first kappa shape index (κ1) is 18.6. The van der Waals surface area contributed by atoms with Crippen LogP contribution in [0.5, 0.6) is 0 Å². The van der Waals surface area contributed by atoms with Crippen LogP contribution in [0.2, 0.25) is 0 Å². The lowest BCUT2D eigenvalue weighted by atomic mass is 9.46. The summed E-state index contributed by atoms with van der Waals surface area (Å²) in [6.45, 7) is 8.50. The summed E-state index contributed by atoms with van der Waals surface area (Å²) < 4.78 is 4.90. The fourth-order valence-electron chi connectivity index (χ4n) is 5.56. The average molecular weight is 350 g/mol. The normalized spacial score (nSPS) is 46.2. The van der Waals surface area contributed by atoms with Crippen LogP contribution in [0.25, 0.3) is 0 Å². The van der Waals surface area contributed by atoms with Gasteiger partial charge in [0.05, 0.1) is 18.3 Å². The number of carbonyl (C=O) groups excluding carboxylic acids is 1. The lowest BCUT2D eigenvalue weighted by Crippen LogP contribution is -2.57. The molecule has 0 radical (unpaired) electrons. The van der Waals surface area contributed by atoms with Gasteiger partial charge in [0.1, 0.15) is 12.7 Å².